The number of unbranched alkanes of at least 4 members (excludes halogenated alkanes) is 8. The average molecular weight is 314 g/mol. The van der Waals surface area contributed by atoms with Crippen molar-refractivity contribution in [2.24, 2.45) is 0 Å². The summed E-state index contributed by atoms with van der Waals surface area (Å²) in [6.07, 6.45) is 18.7. The van der Waals surface area contributed by atoms with Crippen LogP contribution in [-0.4, -0.2) is 35.9 Å². The highest BCUT2D eigenvalue weighted by Gasteiger charge is 2.15. The quantitative estimate of drug-likeness (QED) is 0.458. The summed E-state index contributed by atoms with van der Waals surface area (Å²) in [5.74, 6) is 1.73. The molecular formula is C18H35NOS. The molecule has 0 aromatic carbocycles. The van der Waals surface area contributed by atoms with Gasteiger partial charge in [-0.15, -0.1) is 0 Å². The lowest BCUT2D eigenvalue weighted by molar-refractivity contribution is -0.132. The molecule has 0 spiro atoms. The Morgan fingerprint density at radius 1 is 0.810 bits per heavy atom. The lowest BCUT2D eigenvalue weighted by Crippen LogP contribution is -2.35. The summed E-state index contributed by atoms with van der Waals surface area (Å²) in [7, 11) is 0. The third-order valence-electron chi connectivity index (χ3n) is 4.45. The van der Waals surface area contributed by atoms with E-state index < -0.39 is 0 Å². The molecule has 1 rings (SSSR count). The fourth-order valence-corrected chi connectivity index (χ4v) is 3.55. The monoisotopic (exact) mass is 313 g/mol. The van der Waals surface area contributed by atoms with Gasteiger partial charge in [-0.25, -0.2) is 0 Å². The molecule has 0 aromatic heterocycles. The Bertz CT molecular complexity index is 252. The summed E-state index contributed by atoms with van der Waals surface area (Å²) < 4.78 is 0. The second-order valence-electron chi connectivity index (χ2n) is 6.37. The standard InChI is InChI=1S/C18H35NOS/c1-21-17-13-8-6-4-2-3-5-7-10-14-18(20)19-15-11-9-12-16-19/h2-17H2,1H3. The normalized spacial score (nSPS) is 15.4. The smallest absolute Gasteiger partial charge is 0.222 e. The topological polar surface area (TPSA) is 20.3 Å². The van der Waals surface area contributed by atoms with Crippen LogP contribution in [0.2, 0.25) is 0 Å². The van der Waals surface area contributed by atoms with Gasteiger partial charge < -0.3 is 4.90 Å². The molecule has 0 unspecified atom stereocenters. The number of carbonyl (C=O) groups excluding carboxylic acids is 1. The van der Waals surface area contributed by atoms with Gasteiger partial charge in [0.15, 0.2) is 0 Å². The first-order valence-electron chi connectivity index (χ1n) is 9.11. The van der Waals surface area contributed by atoms with E-state index in [9.17, 15) is 4.79 Å². The van der Waals surface area contributed by atoms with Crippen LogP contribution < -0.4 is 0 Å². The predicted octanol–water partition coefficient (Wildman–Crippen LogP) is 5.26. The third-order valence-corrected chi connectivity index (χ3v) is 5.14. The summed E-state index contributed by atoms with van der Waals surface area (Å²) in [6, 6.07) is 0. The predicted molar refractivity (Wildman–Crippen MR) is 95.0 cm³/mol. The minimum absolute atomic E-state index is 0.406. The van der Waals surface area contributed by atoms with Crippen LogP contribution in [0.15, 0.2) is 0 Å². The zero-order chi connectivity index (χ0) is 15.2. The van der Waals surface area contributed by atoms with Crippen LogP contribution >= 0.6 is 11.8 Å². The molecular weight excluding hydrogens is 278 g/mol. The third kappa shape index (κ3) is 10.2. The fourth-order valence-electron chi connectivity index (χ4n) is 3.06. The van der Waals surface area contributed by atoms with Gasteiger partial charge in [0, 0.05) is 19.5 Å². The summed E-state index contributed by atoms with van der Waals surface area (Å²) in [4.78, 5) is 14.1. The van der Waals surface area contributed by atoms with Gasteiger partial charge in [-0.3, -0.25) is 4.79 Å². The summed E-state index contributed by atoms with van der Waals surface area (Å²) >= 11 is 1.96. The van der Waals surface area contributed by atoms with Crippen molar-refractivity contribution in [1.82, 2.24) is 4.90 Å². The molecule has 1 fully saturated rings. The van der Waals surface area contributed by atoms with E-state index in [1.165, 1.54) is 76.4 Å². The van der Waals surface area contributed by atoms with Gasteiger partial charge >= 0.3 is 0 Å². The van der Waals surface area contributed by atoms with Crippen LogP contribution in [0, 0.1) is 0 Å². The Balaban J connectivity index is 1.80. The fraction of sp³-hybridized carbons (Fsp3) is 0.944. The summed E-state index contributed by atoms with van der Waals surface area (Å²) in [5.41, 5.74) is 0. The number of carbonyl (C=O) groups is 1. The lowest BCUT2D eigenvalue weighted by atomic mass is 10.1. The molecule has 1 aliphatic heterocycles. The van der Waals surface area contributed by atoms with Crippen LogP contribution in [0.1, 0.15) is 83.5 Å². The lowest BCUT2D eigenvalue weighted by Gasteiger charge is -2.26. The molecule has 0 bridgehead atoms. The van der Waals surface area contributed by atoms with Crippen LogP contribution in [0.4, 0.5) is 0 Å². The molecule has 1 saturated heterocycles. The number of nitrogens with zero attached hydrogens (tertiary/aromatic N) is 1. The number of thioether (sulfide) groups is 1. The molecule has 0 atom stereocenters. The molecule has 0 saturated carbocycles. The van der Waals surface area contributed by atoms with E-state index in [0.29, 0.717) is 5.91 Å². The van der Waals surface area contributed by atoms with E-state index in [-0.39, 0.29) is 0 Å². The van der Waals surface area contributed by atoms with Crippen molar-refractivity contribution in [3.63, 3.8) is 0 Å². The van der Waals surface area contributed by atoms with Crippen molar-refractivity contribution in [2.75, 3.05) is 25.1 Å². The molecule has 1 amide bonds. The molecule has 1 aliphatic rings. The van der Waals surface area contributed by atoms with Crippen molar-refractivity contribution < 1.29 is 4.79 Å². The zero-order valence-corrected chi connectivity index (χ0v) is 14.9. The number of likely N-dealkylation sites (tertiary alicyclic amines) is 1. The highest BCUT2D eigenvalue weighted by molar-refractivity contribution is 7.98. The van der Waals surface area contributed by atoms with E-state index in [4.69, 9.17) is 0 Å². The van der Waals surface area contributed by atoms with Crippen LogP contribution in [0.3, 0.4) is 0 Å². The Morgan fingerprint density at radius 2 is 1.33 bits per heavy atom. The Labute approximate surface area is 136 Å². The largest absolute Gasteiger partial charge is 0.343 e. The molecule has 0 radical (unpaired) electrons. The van der Waals surface area contributed by atoms with E-state index in [0.717, 1.165) is 25.9 Å². The van der Waals surface area contributed by atoms with E-state index in [1.807, 2.05) is 11.8 Å². The van der Waals surface area contributed by atoms with Gasteiger partial charge in [-0.1, -0.05) is 44.9 Å². The Morgan fingerprint density at radius 3 is 1.90 bits per heavy atom. The van der Waals surface area contributed by atoms with Gasteiger partial charge in [-0.2, -0.15) is 11.8 Å². The van der Waals surface area contributed by atoms with Crippen molar-refractivity contribution in [3.8, 4) is 0 Å². The van der Waals surface area contributed by atoms with Gasteiger partial charge in [0.2, 0.25) is 5.91 Å². The van der Waals surface area contributed by atoms with Crippen molar-refractivity contribution in [3.05, 3.63) is 0 Å². The molecule has 0 aliphatic carbocycles. The Kier molecular flexibility index (Phi) is 12.1. The SMILES string of the molecule is CSCCCCCCCCCCCC(=O)N1CCCCC1. The van der Waals surface area contributed by atoms with Crippen LogP contribution in [-0.2, 0) is 4.79 Å². The maximum atomic E-state index is 12.0. The van der Waals surface area contributed by atoms with E-state index in [1.54, 1.807) is 0 Å². The number of rotatable bonds is 12. The molecule has 0 N–H and O–H groups in total. The first-order chi connectivity index (χ1) is 10.3. The second-order valence-corrected chi connectivity index (χ2v) is 7.35. The van der Waals surface area contributed by atoms with Gasteiger partial charge in [0.05, 0.1) is 0 Å². The zero-order valence-electron chi connectivity index (χ0n) is 14.1. The molecule has 3 heteroatoms. The number of amides is 1. The average Bonchev–Trinajstić information content (AvgIpc) is 2.53. The highest BCUT2D eigenvalue weighted by atomic mass is 32.2. The van der Waals surface area contributed by atoms with E-state index >= 15 is 0 Å². The van der Waals surface area contributed by atoms with Crippen molar-refractivity contribution >= 4 is 17.7 Å². The first-order valence-corrected chi connectivity index (χ1v) is 10.5. The van der Waals surface area contributed by atoms with Crippen LogP contribution in [0.25, 0.3) is 0 Å². The number of piperidine rings is 1. The maximum Gasteiger partial charge on any atom is 0.222 e. The molecule has 124 valence electrons. The Hall–Kier alpha value is -0.180. The highest BCUT2D eigenvalue weighted by Crippen LogP contribution is 2.14. The van der Waals surface area contributed by atoms with Crippen molar-refractivity contribution in [2.45, 2.75) is 83.5 Å². The molecule has 21 heavy (non-hydrogen) atoms. The summed E-state index contributed by atoms with van der Waals surface area (Å²) in [5, 5.41) is 0. The molecule has 0 aromatic rings. The van der Waals surface area contributed by atoms with Gasteiger partial charge in [0.25, 0.3) is 0 Å². The van der Waals surface area contributed by atoms with E-state index in [2.05, 4.69) is 11.2 Å². The first kappa shape index (κ1) is 18.9. The molecule has 2 nitrogen and oxygen atoms in total. The van der Waals surface area contributed by atoms with Crippen molar-refractivity contribution in [1.29, 1.82) is 0 Å². The van der Waals surface area contributed by atoms with Gasteiger partial charge in [-0.05, 0) is 44.1 Å². The number of hydrogen-bond acceptors (Lipinski definition) is 2. The second kappa shape index (κ2) is 13.5. The summed E-state index contributed by atoms with van der Waals surface area (Å²) in [6.45, 7) is 2.02. The number of hydrogen-bond donors (Lipinski definition) is 0. The van der Waals surface area contributed by atoms with Crippen LogP contribution in [0.5, 0.6) is 0 Å². The van der Waals surface area contributed by atoms with Gasteiger partial charge in [0.1, 0.15) is 0 Å². The maximum absolute atomic E-state index is 12.0. The minimum Gasteiger partial charge on any atom is -0.343 e. The minimum atomic E-state index is 0.406. The molecule has 1 heterocycles.